The highest BCUT2D eigenvalue weighted by Crippen LogP contribution is 2.38. The van der Waals surface area contributed by atoms with Crippen LogP contribution in [0.15, 0.2) is 42.7 Å². The quantitative estimate of drug-likeness (QED) is 0.859. The molecule has 0 spiro atoms. The van der Waals surface area contributed by atoms with E-state index >= 15 is 0 Å². The monoisotopic (exact) mass is 314 g/mol. The number of hydrogen-bond donors (Lipinski definition) is 1. The first-order valence-electron chi connectivity index (χ1n) is 7.81. The van der Waals surface area contributed by atoms with E-state index in [1.54, 1.807) is 0 Å². The van der Waals surface area contributed by atoms with E-state index in [1.165, 1.54) is 5.69 Å². The van der Waals surface area contributed by atoms with Gasteiger partial charge in [-0.15, -0.1) is 0 Å². The van der Waals surface area contributed by atoms with Crippen molar-refractivity contribution in [3.05, 3.63) is 54.1 Å². The van der Waals surface area contributed by atoms with Crippen LogP contribution in [0.1, 0.15) is 43.2 Å². The number of unbranched alkanes of at least 4 members (excludes halogenated alkanes) is 1. The molecule has 0 unspecified atom stereocenters. The molecule has 116 valence electrons. The number of thiocarbonyl (C=S) groups is 1. The van der Waals surface area contributed by atoms with Gasteiger partial charge < -0.3 is 14.8 Å². The van der Waals surface area contributed by atoms with Gasteiger partial charge in [-0.3, -0.25) is 4.98 Å². The van der Waals surface area contributed by atoms with Crippen molar-refractivity contribution in [2.45, 2.75) is 31.8 Å². The van der Waals surface area contributed by atoms with Gasteiger partial charge in [0.1, 0.15) is 0 Å². The van der Waals surface area contributed by atoms with E-state index in [1.807, 2.05) is 18.3 Å². The first-order valence-corrected chi connectivity index (χ1v) is 8.22. The van der Waals surface area contributed by atoms with Crippen LogP contribution in [0, 0.1) is 0 Å². The van der Waals surface area contributed by atoms with Crippen LogP contribution in [-0.2, 0) is 7.05 Å². The zero-order valence-corrected chi connectivity index (χ0v) is 13.9. The van der Waals surface area contributed by atoms with E-state index in [2.05, 4.69) is 58.1 Å². The smallest absolute Gasteiger partial charge is 0.170 e. The molecule has 0 amide bonds. The minimum Gasteiger partial charge on any atom is -0.353 e. The minimum atomic E-state index is 0.0964. The third-order valence-corrected chi connectivity index (χ3v) is 4.59. The van der Waals surface area contributed by atoms with Crippen LogP contribution in [0.2, 0.25) is 0 Å². The van der Waals surface area contributed by atoms with Gasteiger partial charge in [0.05, 0.1) is 17.8 Å². The van der Waals surface area contributed by atoms with Crippen molar-refractivity contribution in [3.8, 4) is 0 Å². The van der Waals surface area contributed by atoms with Crippen molar-refractivity contribution in [1.82, 2.24) is 19.8 Å². The lowest BCUT2D eigenvalue weighted by Crippen LogP contribution is -2.31. The fraction of sp³-hybridized carbons (Fsp3) is 0.412. The lowest BCUT2D eigenvalue weighted by atomic mass is 10.0. The Balaban J connectivity index is 1.99. The molecule has 0 aromatic carbocycles. The van der Waals surface area contributed by atoms with E-state index in [-0.39, 0.29) is 12.1 Å². The van der Waals surface area contributed by atoms with Crippen LogP contribution in [0.25, 0.3) is 0 Å². The summed E-state index contributed by atoms with van der Waals surface area (Å²) in [6, 6.07) is 10.6. The van der Waals surface area contributed by atoms with E-state index in [4.69, 9.17) is 12.2 Å². The standard InChI is InChI=1S/C17H22N4S/c1-3-4-12-21-16(14-9-7-11-20(14)2)15(19-17(21)22)13-8-5-6-10-18-13/h5-11,15-16H,3-4,12H2,1-2H3,(H,19,22)/t15-,16-/m0/s1. The summed E-state index contributed by atoms with van der Waals surface area (Å²) in [4.78, 5) is 6.85. The predicted octanol–water partition coefficient (Wildman–Crippen LogP) is 3.19. The molecule has 3 heterocycles. The van der Waals surface area contributed by atoms with Crippen molar-refractivity contribution in [2.75, 3.05) is 6.54 Å². The highest BCUT2D eigenvalue weighted by molar-refractivity contribution is 7.80. The lowest BCUT2D eigenvalue weighted by Gasteiger charge is -2.28. The lowest BCUT2D eigenvalue weighted by molar-refractivity contribution is 0.302. The van der Waals surface area contributed by atoms with Crippen molar-refractivity contribution in [2.24, 2.45) is 7.05 Å². The molecule has 1 fully saturated rings. The summed E-state index contributed by atoms with van der Waals surface area (Å²) >= 11 is 5.60. The average molecular weight is 314 g/mol. The molecule has 4 nitrogen and oxygen atoms in total. The molecule has 0 bridgehead atoms. The number of nitrogens with zero attached hydrogens (tertiary/aromatic N) is 3. The van der Waals surface area contributed by atoms with Crippen LogP contribution in [0.4, 0.5) is 0 Å². The molecule has 2 aromatic rings. The molecule has 3 rings (SSSR count). The molecule has 1 aliphatic heterocycles. The van der Waals surface area contributed by atoms with Gasteiger partial charge in [-0.25, -0.2) is 0 Å². The first kappa shape index (κ1) is 15.0. The number of hydrogen-bond acceptors (Lipinski definition) is 2. The second kappa shape index (κ2) is 6.48. The second-order valence-electron chi connectivity index (χ2n) is 5.72. The highest BCUT2D eigenvalue weighted by atomic mass is 32.1. The Labute approximate surface area is 137 Å². The minimum absolute atomic E-state index is 0.0964. The van der Waals surface area contributed by atoms with Gasteiger partial charge in [-0.1, -0.05) is 19.4 Å². The van der Waals surface area contributed by atoms with Gasteiger partial charge in [0.2, 0.25) is 0 Å². The Morgan fingerprint density at radius 3 is 2.77 bits per heavy atom. The molecule has 0 saturated carbocycles. The molecule has 0 aliphatic carbocycles. The summed E-state index contributed by atoms with van der Waals surface area (Å²) in [5, 5.41) is 4.31. The van der Waals surface area contributed by atoms with E-state index < -0.39 is 0 Å². The zero-order valence-electron chi connectivity index (χ0n) is 13.1. The summed E-state index contributed by atoms with van der Waals surface area (Å²) in [7, 11) is 2.09. The zero-order chi connectivity index (χ0) is 15.5. The van der Waals surface area contributed by atoms with E-state index in [0.717, 1.165) is 30.2 Å². The van der Waals surface area contributed by atoms with Gasteiger partial charge in [-0.2, -0.15) is 0 Å². The maximum atomic E-state index is 5.60. The highest BCUT2D eigenvalue weighted by Gasteiger charge is 2.40. The molecule has 1 saturated heterocycles. The largest absolute Gasteiger partial charge is 0.353 e. The predicted molar refractivity (Wildman–Crippen MR) is 92.5 cm³/mol. The SMILES string of the molecule is CCCCN1C(=S)N[C@@H](c2ccccn2)[C@@H]1c1cccn1C. The van der Waals surface area contributed by atoms with E-state index in [9.17, 15) is 0 Å². The van der Waals surface area contributed by atoms with Crippen molar-refractivity contribution in [3.63, 3.8) is 0 Å². The summed E-state index contributed by atoms with van der Waals surface area (Å²) in [5.41, 5.74) is 2.30. The number of aryl methyl sites for hydroxylation is 1. The molecular weight excluding hydrogens is 292 g/mol. The van der Waals surface area contributed by atoms with Crippen LogP contribution in [-0.4, -0.2) is 26.1 Å². The molecule has 1 aliphatic rings. The fourth-order valence-corrected chi connectivity index (χ4v) is 3.41. The molecule has 2 atom stereocenters. The number of nitrogens with one attached hydrogen (secondary N) is 1. The Bertz CT molecular complexity index is 637. The second-order valence-corrected chi connectivity index (χ2v) is 6.10. The molecule has 2 aromatic heterocycles. The van der Waals surface area contributed by atoms with Crippen molar-refractivity contribution < 1.29 is 0 Å². The summed E-state index contributed by atoms with van der Waals surface area (Å²) in [6.45, 7) is 3.18. The first-order chi connectivity index (χ1) is 10.7. The Morgan fingerprint density at radius 1 is 1.27 bits per heavy atom. The molecular formula is C17H22N4S. The third kappa shape index (κ3) is 2.73. The van der Waals surface area contributed by atoms with Gasteiger partial charge in [0.25, 0.3) is 0 Å². The van der Waals surface area contributed by atoms with Crippen LogP contribution in [0.5, 0.6) is 0 Å². The fourth-order valence-electron chi connectivity index (χ4n) is 3.08. The van der Waals surface area contributed by atoms with Crippen molar-refractivity contribution in [1.29, 1.82) is 0 Å². The summed E-state index contributed by atoms with van der Waals surface area (Å²) < 4.78 is 2.18. The number of pyridine rings is 1. The van der Waals surface area contributed by atoms with Crippen LogP contribution < -0.4 is 5.32 Å². The topological polar surface area (TPSA) is 33.1 Å². The van der Waals surface area contributed by atoms with Crippen LogP contribution >= 0.6 is 12.2 Å². The van der Waals surface area contributed by atoms with Gasteiger partial charge in [0.15, 0.2) is 5.11 Å². The average Bonchev–Trinajstić information content (AvgIpc) is 3.09. The Kier molecular flexibility index (Phi) is 4.43. The van der Waals surface area contributed by atoms with E-state index in [0.29, 0.717) is 0 Å². The Morgan fingerprint density at radius 2 is 2.14 bits per heavy atom. The summed E-state index contributed by atoms with van der Waals surface area (Å²) in [5.74, 6) is 0. The summed E-state index contributed by atoms with van der Waals surface area (Å²) in [6.07, 6.45) is 6.23. The van der Waals surface area contributed by atoms with Gasteiger partial charge in [0, 0.05) is 31.7 Å². The van der Waals surface area contributed by atoms with Gasteiger partial charge in [-0.05, 0) is 42.9 Å². The van der Waals surface area contributed by atoms with Crippen LogP contribution in [0.3, 0.4) is 0 Å². The number of aromatic nitrogens is 2. The maximum absolute atomic E-state index is 5.60. The molecule has 22 heavy (non-hydrogen) atoms. The number of rotatable bonds is 5. The third-order valence-electron chi connectivity index (χ3n) is 4.24. The molecule has 0 radical (unpaired) electrons. The van der Waals surface area contributed by atoms with Gasteiger partial charge >= 0.3 is 0 Å². The normalized spacial score (nSPS) is 21.2. The van der Waals surface area contributed by atoms with Crippen molar-refractivity contribution >= 4 is 17.3 Å². The molecule has 1 N–H and O–H groups in total. The maximum Gasteiger partial charge on any atom is 0.170 e. The Hall–Kier alpha value is -1.88. The molecule has 5 heteroatoms.